The summed E-state index contributed by atoms with van der Waals surface area (Å²) in [6.45, 7) is 3.32. The standard InChI is InChI=1S/C19H26F3N5O2S/c1-2-23-18(25-13-16-11-15-5-3-4-6-17(15)26-16)24-12-14-7-9-27(10-8-14)30(28,29)19(20,21)22/h3-6,11,14,26H,2,7-10,12-13H2,1H3,(H2,23,24,25). The average molecular weight is 446 g/mol. The molecule has 1 aliphatic heterocycles. The molecule has 0 aliphatic carbocycles. The van der Waals surface area contributed by atoms with Crippen LogP contribution in [0.25, 0.3) is 10.9 Å². The molecule has 30 heavy (non-hydrogen) atoms. The molecule has 0 bridgehead atoms. The molecule has 0 radical (unpaired) electrons. The summed E-state index contributed by atoms with van der Waals surface area (Å²) in [5.41, 5.74) is -3.23. The molecule has 2 heterocycles. The summed E-state index contributed by atoms with van der Waals surface area (Å²) in [4.78, 5) is 7.87. The van der Waals surface area contributed by atoms with Crippen LogP contribution < -0.4 is 10.6 Å². The lowest BCUT2D eigenvalue weighted by molar-refractivity contribution is -0.0496. The van der Waals surface area contributed by atoms with Crippen LogP contribution in [-0.4, -0.2) is 55.4 Å². The van der Waals surface area contributed by atoms with Crippen molar-refractivity contribution in [2.45, 2.75) is 31.8 Å². The second kappa shape index (κ2) is 9.25. The number of alkyl halides is 3. The smallest absolute Gasteiger partial charge is 0.357 e. The Kier molecular flexibility index (Phi) is 6.91. The van der Waals surface area contributed by atoms with Gasteiger partial charge in [0, 0.05) is 37.4 Å². The third kappa shape index (κ3) is 5.25. The van der Waals surface area contributed by atoms with Crippen LogP contribution in [-0.2, 0) is 16.6 Å². The van der Waals surface area contributed by atoms with Crippen molar-refractivity contribution in [3.8, 4) is 0 Å². The van der Waals surface area contributed by atoms with Crippen molar-refractivity contribution in [3.05, 3.63) is 36.0 Å². The third-order valence-corrected chi connectivity index (χ3v) is 6.73. The van der Waals surface area contributed by atoms with Gasteiger partial charge in [-0.3, -0.25) is 0 Å². The predicted molar refractivity (Wildman–Crippen MR) is 110 cm³/mol. The SMILES string of the molecule is CCNC(=NCc1cc2ccccc2[nH]1)NCC1CCN(S(=O)(=O)C(F)(F)F)CC1. The number of aromatic nitrogens is 1. The summed E-state index contributed by atoms with van der Waals surface area (Å²) in [5, 5.41) is 7.47. The number of aromatic amines is 1. The first-order valence-corrected chi connectivity index (χ1v) is 11.3. The summed E-state index contributed by atoms with van der Waals surface area (Å²) in [7, 11) is -5.24. The molecule has 0 spiro atoms. The number of para-hydroxylation sites is 1. The van der Waals surface area contributed by atoms with E-state index in [1.807, 2.05) is 37.3 Å². The monoisotopic (exact) mass is 445 g/mol. The Bertz CT molecular complexity index is 946. The summed E-state index contributed by atoms with van der Waals surface area (Å²) >= 11 is 0. The summed E-state index contributed by atoms with van der Waals surface area (Å²) in [6.07, 6.45) is 0.730. The van der Waals surface area contributed by atoms with Crippen LogP contribution in [0.1, 0.15) is 25.5 Å². The molecule has 1 aromatic heterocycles. The van der Waals surface area contributed by atoms with Gasteiger partial charge in [-0.1, -0.05) is 18.2 Å². The van der Waals surface area contributed by atoms with Gasteiger partial charge in [0.2, 0.25) is 0 Å². The maximum absolute atomic E-state index is 12.7. The highest BCUT2D eigenvalue weighted by molar-refractivity contribution is 7.90. The number of guanidine groups is 1. The minimum atomic E-state index is -5.24. The van der Waals surface area contributed by atoms with E-state index in [1.54, 1.807) is 0 Å². The number of aliphatic imine (C=N–C) groups is 1. The Morgan fingerprint density at radius 2 is 1.93 bits per heavy atom. The number of fused-ring (bicyclic) bond motifs is 1. The number of halogens is 3. The van der Waals surface area contributed by atoms with Gasteiger partial charge in [-0.2, -0.15) is 17.5 Å². The van der Waals surface area contributed by atoms with Crippen LogP contribution >= 0.6 is 0 Å². The molecule has 1 fully saturated rings. The molecule has 0 atom stereocenters. The highest BCUT2D eigenvalue weighted by Gasteiger charge is 2.50. The van der Waals surface area contributed by atoms with E-state index in [4.69, 9.17) is 0 Å². The minimum absolute atomic E-state index is 0.0709. The van der Waals surface area contributed by atoms with Gasteiger partial charge in [-0.05, 0) is 43.2 Å². The normalized spacial score (nSPS) is 17.4. The molecule has 1 saturated heterocycles. The number of hydrogen-bond acceptors (Lipinski definition) is 3. The van der Waals surface area contributed by atoms with E-state index < -0.39 is 15.5 Å². The molecule has 3 N–H and O–H groups in total. The Balaban J connectivity index is 1.53. The van der Waals surface area contributed by atoms with Crippen molar-refractivity contribution < 1.29 is 21.6 Å². The van der Waals surface area contributed by atoms with E-state index in [9.17, 15) is 21.6 Å². The van der Waals surface area contributed by atoms with Gasteiger partial charge in [0.1, 0.15) is 0 Å². The lowest BCUT2D eigenvalue weighted by Gasteiger charge is -2.31. The Hall–Kier alpha value is -2.27. The van der Waals surface area contributed by atoms with Crippen LogP contribution in [0.15, 0.2) is 35.3 Å². The van der Waals surface area contributed by atoms with Crippen LogP contribution in [0.4, 0.5) is 13.2 Å². The second-order valence-corrected chi connectivity index (χ2v) is 9.18. The first kappa shape index (κ1) is 22.4. The fourth-order valence-corrected chi connectivity index (χ4v) is 4.45. The number of rotatable bonds is 6. The summed E-state index contributed by atoms with van der Waals surface area (Å²) in [5.74, 6) is 0.683. The number of H-pyrrole nitrogens is 1. The van der Waals surface area contributed by atoms with Crippen molar-refractivity contribution in [2.24, 2.45) is 10.9 Å². The fraction of sp³-hybridized carbons (Fsp3) is 0.526. The zero-order valence-electron chi connectivity index (χ0n) is 16.7. The molecule has 0 amide bonds. The van der Waals surface area contributed by atoms with E-state index in [1.165, 1.54) is 0 Å². The zero-order chi connectivity index (χ0) is 21.8. The zero-order valence-corrected chi connectivity index (χ0v) is 17.5. The quantitative estimate of drug-likeness (QED) is 0.471. The second-order valence-electron chi connectivity index (χ2n) is 7.25. The third-order valence-electron chi connectivity index (χ3n) is 5.10. The summed E-state index contributed by atoms with van der Waals surface area (Å²) < 4.78 is 61.6. The summed E-state index contributed by atoms with van der Waals surface area (Å²) in [6, 6.07) is 9.99. The van der Waals surface area contributed by atoms with Crippen LogP contribution in [0.5, 0.6) is 0 Å². The maximum atomic E-state index is 12.7. The lowest BCUT2D eigenvalue weighted by Crippen LogP contribution is -2.47. The number of nitrogens with zero attached hydrogens (tertiary/aromatic N) is 2. The molecule has 7 nitrogen and oxygen atoms in total. The van der Waals surface area contributed by atoms with Gasteiger partial charge >= 0.3 is 15.5 Å². The lowest BCUT2D eigenvalue weighted by atomic mass is 9.98. The van der Waals surface area contributed by atoms with Gasteiger partial charge in [0.15, 0.2) is 5.96 Å². The Morgan fingerprint density at radius 1 is 1.23 bits per heavy atom. The average Bonchev–Trinajstić information content (AvgIpc) is 3.12. The largest absolute Gasteiger partial charge is 0.511 e. The number of nitrogens with one attached hydrogen (secondary N) is 3. The molecule has 1 aliphatic rings. The minimum Gasteiger partial charge on any atom is -0.357 e. The highest BCUT2D eigenvalue weighted by Crippen LogP contribution is 2.30. The number of piperidine rings is 1. The molecule has 3 rings (SSSR count). The van der Waals surface area contributed by atoms with E-state index in [0.717, 1.165) is 16.6 Å². The van der Waals surface area contributed by atoms with Gasteiger partial charge in [0.25, 0.3) is 0 Å². The molecule has 0 unspecified atom stereocenters. The fourth-order valence-electron chi connectivity index (χ4n) is 3.47. The van der Waals surface area contributed by atoms with Crippen LogP contribution in [0.3, 0.4) is 0 Å². The van der Waals surface area contributed by atoms with Gasteiger partial charge in [-0.15, -0.1) is 0 Å². The Labute approximate surface area is 173 Å². The number of benzene rings is 1. The Morgan fingerprint density at radius 3 is 2.57 bits per heavy atom. The van der Waals surface area contributed by atoms with Crippen molar-refractivity contribution in [1.82, 2.24) is 19.9 Å². The van der Waals surface area contributed by atoms with Crippen molar-refractivity contribution in [2.75, 3.05) is 26.2 Å². The number of sulfonamides is 1. The molecule has 2 aromatic rings. The first-order chi connectivity index (χ1) is 14.2. The van der Waals surface area contributed by atoms with E-state index in [0.29, 0.717) is 42.7 Å². The highest BCUT2D eigenvalue weighted by atomic mass is 32.2. The van der Waals surface area contributed by atoms with Gasteiger partial charge in [0.05, 0.1) is 6.54 Å². The van der Waals surface area contributed by atoms with Crippen LogP contribution in [0, 0.1) is 5.92 Å². The molecule has 166 valence electrons. The predicted octanol–water partition coefficient (Wildman–Crippen LogP) is 2.78. The van der Waals surface area contributed by atoms with Gasteiger partial charge in [-0.25, -0.2) is 13.4 Å². The molecule has 1 aromatic carbocycles. The molecule has 0 saturated carbocycles. The molecule has 11 heteroatoms. The first-order valence-electron chi connectivity index (χ1n) is 9.86. The van der Waals surface area contributed by atoms with Crippen LogP contribution in [0.2, 0.25) is 0 Å². The van der Waals surface area contributed by atoms with E-state index in [2.05, 4.69) is 20.6 Å². The van der Waals surface area contributed by atoms with Crippen molar-refractivity contribution >= 4 is 26.9 Å². The maximum Gasteiger partial charge on any atom is 0.511 e. The molecular formula is C19H26F3N5O2S. The van der Waals surface area contributed by atoms with Crippen molar-refractivity contribution in [1.29, 1.82) is 0 Å². The topological polar surface area (TPSA) is 89.6 Å². The van der Waals surface area contributed by atoms with E-state index in [-0.39, 0.29) is 19.0 Å². The van der Waals surface area contributed by atoms with Gasteiger partial charge < -0.3 is 15.6 Å². The molecular weight excluding hydrogens is 419 g/mol. The number of hydrogen-bond donors (Lipinski definition) is 3. The van der Waals surface area contributed by atoms with E-state index >= 15 is 0 Å². The van der Waals surface area contributed by atoms with Crippen molar-refractivity contribution in [3.63, 3.8) is 0 Å².